The Morgan fingerprint density at radius 2 is 2.42 bits per heavy atom. The number of aromatic carboxylic acids is 1. The molecular weight excluding hydrogens is 266 g/mol. The van der Waals surface area contributed by atoms with Crippen LogP contribution >= 0.6 is 11.3 Å². The van der Waals surface area contributed by atoms with Crippen molar-refractivity contribution in [3.63, 3.8) is 0 Å². The van der Waals surface area contributed by atoms with Gasteiger partial charge in [-0.3, -0.25) is 4.68 Å². The fourth-order valence-corrected chi connectivity index (χ4v) is 2.35. The van der Waals surface area contributed by atoms with Crippen molar-refractivity contribution in [2.45, 2.75) is 13.5 Å². The molecule has 0 aromatic carbocycles. The highest BCUT2D eigenvalue weighted by Crippen LogP contribution is 2.19. The second-order valence-corrected chi connectivity index (χ2v) is 4.77. The van der Waals surface area contributed by atoms with Crippen LogP contribution in [-0.2, 0) is 13.6 Å². The molecule has 0 saturated heterocycles. The molecule has 98 valence electrons. The zero-order valence-corrected chi connectivity index (χ0v) is 11.2. The molecule has 2 aromatic rings. The zero-order chi connectivity index (χ0) is 14.0. The topological polar surface area (TPSA) is 104 Å². The molecule has 0 unspecified atom stereocenters. The third kappa shape index (κ3) is 2.56. The molecule has 2 aromatic heterocycles. The number of hydrogen-bond donors (Lipinski definition) is 2. The van der Waals surface area contributed by atoms with Crippen LogP contribution in [0.4, 0.5) is 5.82 Å². The summed E-state index contributed by atoms with van der Waals surface area (Å²) in [7, 11) is 1.74. The van der Waals surface area contributed by atoms with Crippen molar-refractivity contribution < 1.29 is 9.90 Å². The van der Waals surface area contributed by atoms with Gasteiger partial charge in [-0.05, 0) is 6.92 Å². The Labute approximate surface area is 113 Å². The predicted molar refractivity (Wildman–Crippen MR) is 69.1 cm³/mol. The van der Waals surface area contributed by atoms with Gasteiger partial charge in [0.05, 0.1) is 12.2 Å². The highest BCUT2D eigenvalue weighted by molar-refractivity contribution is 7.09. The molecule has 0 saturated carbocycles. The number of thiazole rings is 1. The summed E-state index contributed by atoms with van der Waals surface area (Å²) < 4.78 is 1.58. The minimum Gasteiger partial charge on any atom is -0.476 e. The standard InChI is InChI=1S/C11H11N5O2S/c1-6-7(3-12)10(16(2)15-6)13-4-9-14-8(5-19-9)11(17)18/h5,13H,4H2,1-2H3,(H,17,18). The zero-order valence-electron chi connectivity index (χ0n) is 10.3. The van der Waals surface area contributed by atoms with Gasteiger partial charge in [-0.1, -0.05) is 0 Å². The maximum Gasteiger partial charge on any atom is 0.355 e. The van der Waals surface area contributed by atoms with Crippen molar-refractivity contribution in [2.75, 3.05) is 5.32 Å². The quantitative estimate of drug-likeness (QED) is 0.874. The van der Waals surface area contributed by atoms with Gasteiger partial charge in [0.2, 0.25) is 0 Å². The van der Waals surface area contributed by atoms with Crippen LogP contribution in [-0.4, -0.2) is 25.8 Å². The van der Waals surface area contributed by atoms with Crippen LogP contribution in [0.25, 0.3) is 0 Å². The summed E-state index contributed by atoms with van der Waals surface area (Å²) in [5, 5.41) is 27.2. The van der Waals surface area contributed by atoms with E-state index in [-0.39, 0.29) is 5.69 Å². The van der Waals surface area contributed by atoms with E-state index in [2.05, 4.69) is 21.5 Å². The summed E-state index contributed by atoms with van der Waals surface area (Å²) in [4.78, 5) is 14.7. The van der Waals surface area contributed by atoms with Gasteiger partial charge < -0.3 is 10.4 Å². The number of carboxylic acids is 1. The molecule has 0 atom stereocenters. The lowest BCUT2D eigenvalue weighted by atomic mass is 10.2. The maximum atomic E-state index is 10.7. The first kappa shape index (κ1) is 13.0. The Bertz CT molecular complexity index is 667. The molecule has 8 heteroatoms. The minimum atomic E-state index is -1.04. The van der Waals surface area contributed by atoms with Gasteiger partial charge in [0, 0.05) is 12.4 Å². The fraction of sp³-hybridized carbons (Fsp3) is 0.273. The van der Waals surface area contributed by atoms with E-state index in [1.54, 1.807) is 18.7 Å². The molecule has 0 radical (unpaired) electrons. The average Bonchev–Trinajstić information content (AvgIpc) is 2.91. The SMILES string of the molecule is Cc1nn(C)c(NCc2nc(C(=O)O)cs2)c1C#N. The number of aromatic nitrogens is 3. The molecule has 7 nitrogen and oxygen atoms in total. The second kappa shape index (κ2) is 5.07. The lowest BCUT2D eigenvalue weighted by molar-refractivity contribution is 0.0691. The smallest absolute Gasteiger partial charge is 0.355 e. The van der Waals surface area contributed by atoms with E-state index in [1.165, 1.54) is 16.7 Å². The first-order chi connectivity index (χ1) is 9.02. The predicted octanol–water partition coefficient (Wildman–Crippen LogP) is 1.37. The lowest BCUT2D eigenvalue weighted by Gasteiger charge is -2.04. The number of nitrogens with zero attached hydrogens (tertiary/aromatic N) is 4. The van der Waals surface area contributed by atoms with E-state index in [0.717, 1.165) is 0 Å². The van der Waals surface area contributed by atoms with Gasteiger partial charge in [-0.2, -0.15) is 10.4 Å². The summed E-state index contributed by atoms with van der Waals surface area (Å²) in [5.41, 5.74) is 1.17. The largest absolute Gasteiger partial charge is 0.476 e. The summed E-state index contributed by atoms with van der Waals surface area (Å²) >= 11 is 1.26. The van der Waals surface area contributed by atoms with Gasteiger partial charge in [-0.25, -0.2) is 9.78 Å². The van der Waals surface area contributed by atoms with Crippen molar-refractivity contribution in [1.82, 2.24) is 14.8 Å². The number of carboxylic acid groups (broad SMARTS) is 1. The Morgan fingerprint density at radius 3 is 3.00 bits per heavy atom. The number of anilines is 1. The Hall–Kier alpha value is -2.40. The number of carbonyl (C=O) groups is 1. The van der Waals surface area contributed by atoms with Gasteiger partial charge >= 0.3 is 5.97 Å². The molecule has 0 spiro atoms. The normalized spacial score (nSPS) is 10.2. The van der Waals surface area contributed by atoms with Gasteiger partial charge in [-0.15, -0.1) is 11.3 Å². The number of nitriles is 1. The Kier molecular flexibility index (Phi) is 3.48. The van der Waals surface area contributed by atoms with Crippen LogP contribution in [0.15, 0.2) is 5.38 Å². The van der Waals surface area contributed by atoms with Gasteiger partial charge in [0.25, 0.3) is 0 Å². The molecule has 2 heterocycles. The monoisotopic (exact) mass is 277 g/mol. The molecule has 19 heavy (non-hydrogen) atoms. The van der Waals surface area contributed by atoms with E-state index in [9.17, 15) is 4.79 Å². The second-order valence-electron chi connectivity index (χ2n) is 3.83. The summed E-state index contributed by atoms with van der Waals surface area (Å²) in [6, 6.07) is 2.09. The summed E-state index contributed by atoms with van der Waals surface area (Å²) in [5.74, 6) is -0.441. The van der Waals surface area contributed by atoms with Crippen molar-refractivity contribution in [2.24, 2.45) is 7.05 Å². The average molecular weight is 277 g/mol. The Balaban J connectivity index is 2.14. The van der Waals surface area contributed by atoms with E-state index in [4.69, 9.17) is 10.4 Å². The van der Waals surface area contributed by atoms with Crippen LogP contribution < -0.4 is 5.32 Å². The van der Waals surface area contributed by atoms with Crippen molar-refractivity contribution >= 4 is 23.1 Å². The Morgan fingerprint density at radius 1 is 1.68 bits per heavy atom. The number of rotatable bonds is 4. The first-order valence-corrected chi connectivity index (χ1v) is 6.26. The van der Waals surface area contributed by atoms with E-state index >= 15 is 0 Å². The molecule has 0 fully saturated rings. The highest BCUT2D eigenvalue weighted by Gasteiger charge is 2.13. The van der Waals surface area contributed by atoms with Gasteiger partial charge in [0.15, 0.2) is 5.69 Å². The highest BCUT2D eigenvalue weighted by atomic mass is 32.1. The number of nitrogens with one attached hydrogen (secondary N) is 1. The van der Waals surface area contributed by atoms with Crippen LogP contribution in [0, 0.1) is 18.3 Å². The maximum absolute atomic E-state index is 10.7. The van der Waals surface area contributed by atoms with Crippen molar-refractivity contribution in [3.05, 3.63) is 27.3 Å². The molecule has 0 aliphatic carbocycles. The van der Waals surface area contributed by atoms with Crippen molar-refractivity contribution in [1.29, 1.82) is 5.26 Å². The first-order valence-electron chi connectivity index (χ1n) is 5.38. The molecule has 0 amide bonds. The molecule has 2 N–H and O–H groups in total. The third-order valence-electron chi connectivity index (χ3n) is 2.51. The number of aryl methyl sites for hydroxylation is 2. The van der Waals surface area contributed by atoms with E-state index in [1.807, 2.05) is 0 Å². The van der Waals surface area contributed by atoms with Crippen LogP contribution in [0.1, 0.15) is 26.8 Å². The molecule has 0 bridgehead atoms. The summed E-state index contributed by atoms with van der Waals surface area (Å²) in [6.07, 6.45) is 0. The van der Waals surface area contributed by atoms with Crippen LogP contribution in [0.3, 0.4) is 0 Å². The number of hydrogen-bond acceptors (Lipinski definition) is 6. The van der Waals surface area contributed by atoms with E-state index < -0.39 is 5.97 Å². The summed E-state index contributed by atoms with van der Waals surface area (Å²) in [6.45, 7) is 2.11. The molecular formula is C11H11N5O2S. The molecule has 0 aliphatic heterocycles. The van der Waals surface area contributed by atoms with Crippen LogP contribution in [0.5, 0.6) is 0 Å². The van der Waals surface area contributed by atoms with Gasteiger partial charge in [0.1, 0.15) is 22.5 Å². The fourth-order valence-electron chi connectivity index (χ4n) is 1.64. The minimum absolute atomic E-state index is 0.0310. The van der Waals surface area contributed by atoms with Crippen LogP contribution in [0.2, 0.25) is 0 Å². The molecule has 0 aliphatic rings. The van der Waals surface area contributed by atoms with E-state index in [0.29, 0.717) is 28.6 Å². The lowest BCUT2D eigenvalue weighted by Crippen LogP contribution is -2.06. The third-order valence-corrected chi connectivity index (χ3v) is 3.36. The van der Waals surface area contributed by atoms with Crippen molar-refractivity contribution in [3.8, 4) is 6.07 Å². The molecule has 2 rings (SSSR count).